The fourth-order valence-corrected chi connectivity index (χ4v) is 2.66. The van der Waals surface area contributed by atoms with Crippen LogP contribution in [0.15, 0.2) is 0 Å². The van der Waals surface area contributed by atoms with Crippen LogP contribution < -0.4 is 10.6 Å². The molecule has 1 saturated carbocycles. The average Bonchev–Trinajstić information content (AvgIpc) is 2.33. The van der Waals surface area contributed by atoms with Crippen LogP contribution in [0, 0.1) is 5.92 Å². The maximum absolute atomic E-state index is 11.9. The standard InChI is InChI=1S/C12H22N2O2/c15-11-6-2-1-5-10(11)14-12(16)9-4-3-7-13-8-9/h9-11,13,15H,1-8H2,(H,14,16)/t9-,10?,11?/m0/s1. The molecule has 4 nitrogen and oxygen atoms in total. The van der Waals surface area contributed by atoms with E-state index in [1.807, 2.05) is 0 Å². The molecular formula is C12H22N2O2. The molecule has 1 aliphatic carbocycles. The molecule has 1 aliphatic heterocycles. The highest BCUT2D eigenvalue weighted by Crippen LogP contribution is 2.19. The van der Waals surface area contributed by atoms with Crippen LogP contribution in [-0.2, 0) is 4.79 Å². The number of carbonyl (C=O) groups is 1. The van der Waals surface area contributed by atoms with Gasteiger partial charge >= 0.3 is 0 Å². The minimum Gasteiger partial charge on any atom is -0.391 e. The molecule has 0 aromatic carbocycles. The van der Waals surface area contributed by atoms with Crippen molar-refractivity contribution in [1.29, 1.82) is 0 Å². The Balaban J connectivity index is 1.80. The van der Waals surface area contributed by atoms with E-state index in [1.165, 1.54) is 0 Å². The van der Waals surface area contributed by atoms with E-state index in [-0.39, 0.29) is 24.0 Å². The zero-order chi connectivity index (χ0) is 11.4. The van der Waals surface area contributed by atoms with Gasteiger partial charge in [-0.05, 0) is 32.2 Å². The maximum Gasteiger partial charge on any atom is 0.224 e. The average molecular weight is 226 g/mol. The minimum atomic E-state index is -0.339. The second-order valence-corrected chi connectivity index (χ2v) is 5.01. The lowest BCUT2D eigenvalue weighted by Crippen LogP contribution is -2.49. The van der Waals surface area contributed by atoms with Crippen molar-refractivity contribution >= 4 is 5.91 Å². The van der Waals surface area contributed by atoms with Crippen LogP contribution in [0.2, 0.25) is 0 Å². The quantitative estimate of drug-likeness (QED) is 0.639. The smallest absolute Gasteiger partial charge is 0.224 e. The predicted octanol–water partition coefficient (Wildman–Crippen LogP) is 0.406. The molecule has 1 amide bonds. The summed E-state index contributed by atoms with van der Waals surface area (Å²) in [6, 6.07) is -0.0109. The molecule has 1 heterocycles. The fourth-order valence-electron chi connectivity index (χ4n) is 2.66. The monoisotopic (exact) mass is 226 g/mol. The second kappa shape index (κ2) is 5.64. The van der Waals surface area contributed by atoms with Crippen molar-refractivity contribution in [2.24, 2.45) is 5.92 Å². The van der Waals surface area contributed by atoms with E-state index in [0.29, 0.717) is 0 Å². The summed E-state index contributed by atoms with van der Waals surface area (Å²) in [4.78, 5) is 11.9. The van der Waals surface area contributed by atoms with Crippen LogP contribution in [0.25, 0.3) is 0 Å². The third kappa shape index (κ3) is 2.95. The lowest BCUT2D eigenvalue weighted by atomic mass is 9.91. The molecule has 1 saturated heterocycles. The van der Waals surface area contributed by atoms with Crippen molar-refractivity contribution in [3.63, 3.8) is 0 Å². The summed E-state index contributed by atoms with van der Waals surface area (Å²) in [5.41, 5.74) is 0. The van der Waals surface area contributed by atoms with Crippen molar-refractivity contribution in [1.82, 2.24) is 10.6 Å². The molecule has 0 spiro atoms. The van der Waals surface area contributed by atoms with Crippen LogP contribution in [0.5, 0.6) is 0 Å². The van der Waals surface area contributed by atoms with Crippen molar-refractivity contribution in [2.75, 3.05) is 13.1 Å². The number of hydrogen-bond donors (Lipinski definition) is 3. The van der Waals surface area contributed by atoms with Gasteiger partial charge in [0, 0.05) is 6.54 Å². The molecular weight excluding hydrogens is 204 g/mol. The highest BCUT2D eigenvalue weighted by Gasteiger charge is 2.28. The second-order valence-electron chi connectivity index (χ2n) is 5.01. The van der Waals surface area contributed by atoms with Crippen molar-refractivity contribution in [3.05, 3.63) is 0 Å². The first-order valence-electron chi connectivity index (χ1n) is 6.46. The van der Waals surface area contributed by atoms with Gasteiger partial charge in [-0.1, -0.05) is 12.8 Å². The highest BCUT2D eigenvalue weighted by molar-refractivity contribution is 5.79. The number of aliphatic hydroxyl groups is 1. The van der Waals surface area contributed by atoms with E-state index < -0.39 is 0 Å². The summed E-state index contributed by atoms with van der Waals surface area (Å²) >= 11 is 0. The molecule has 2 unspecified atom stereocenters. The van der Waals surface area contributed by atoms with Gasteiger partial charge < -0.3 is 15.7 Å². The first-order valence-corrected chi connectivity index (χ1v) is 6.46. The Morgan fingerprint density at radius 3 is 2.69 bits per heavy atom. The molecule has 2 rings (SSSR count). The summed E-state index contributed by atoms with van der Waals surface area (Å²) in [5, 5.41) is 16.0. The summed E-state index contributed by atoms with van der Waals surface area (Å²) in [5.74, 6) is 0.223. The van der Waals surface area contributed by atoms with Crippen LogP contribution in [-0.4, -0.2) is 36.2 Å². The van der Waals surface area contributed by atoms with Crippen molar-refractivity contribution in [3.8, 4) is 0 Å². The number of hydrogen-bond acceptors (Lipinski definition) is 3. The molecule has 2 aliphatic rings. The van der Waals surface area contributed by atoms with Crippen molar-refractivity contribution in [2.45, 2.75) is 50.7 Å². The van der Waals surface area contributed by atoms with Gasteiger partial charge in [-0.2, -0.15) is 0 Å². The van der Waals surface area contributed by atoms with E-state index in [0.717, 1.165) is 51.6 Å². The molecule has 4 heteroatoms. The topological polar surface area (TPSA) is 61.4 Å². The van der Waals surface area contributed by atoms with Gasteiger partial charge in [0.25, 0.3) is 0 Å². The molecule has 0 aromatic rings. The lowest BCUT2D eigenvalue weighted by Gasteiger charge is -2.31. The summed E-state index contributed by atoms with van der Waals surface area (Å²) < 4.78 is 0. The third-order valence-corrected chi connectivity index (χ3v) is 3.72. The zero-order valence-corrected chi connectivity index (χ0v) is 9.74. The first-order chi connectivity index (χ1) is 7.77. The maximum atomic E-state index is 11.9. The number of piperidine rings is 1. The van der Waals surface area contributed by atoms with Crippen LogP contribution in [0.4, 0.5) is 0 Å². The lowest BCUT2D eigenvalue weighted by molar-refractivity contribution is -0.127. The molecule has 0 radical (unpaired) electrons. The third-order valence-electron chi connectivity index (χ3n) is 3.72. The van der Waals surface area contributed by atoms with Gasteiger partial charge in [-0.25, -0.2) is 0 Å². The Morgan fingerprint density at radius 2 is 2.00 bits per heavy atom. The summed E-state index contributed by atoms with van der Waals surface area (Å²) in [6.07, 6.45) is 5.66. The normalized spacial score (nSPS) is 35.7. The summed E-state index contributed by atoms with van der Waals surface area (Å²) in [6.45, 7) is 1.81. The number of amides is 1. The van der Waals surface area contributed by atoms with E-state index >= 15 is 0 Å². The number of rotatable bonds is 2. The van der Waals surface area contributed by atoms with E-state index in [1.54, 1.807) is 0 Å². The van der Waals surface area contributed by atoms with Gasteiger partial charge in [-0.15, -0.1) is 0 Å². The number of carbonyl (C=O) groups excluding carboxylic acids is 1. The van der Waals surface area contributed by atoms with Crippen LogP contribution in [0.3, 0.4) is 0 Å². The Labute approximate surface area is 96.8 Å². The Kier molecular flexibility index (Phi) is 4.18. The molecule has 0 aromatic heterocycles. The molecule has 3 N–H and O–H groups in total. The molecule has 3 atom stereocenters. The van der Waals surface area contributed by atoms with E-state index in [2.05, 4.69) is 10.6 Å². The number of nitrogens with one attached hydrogen (secondary N) is 2. The largest absolute Gasteiger partial charge is 0.391 e. The molecule has 16 heavy (non-hydrogen) atoms. The Morgan fingerprint density at radius 1 is 1.19 bits per heavy atom. The summed E-state index contributed by atoms with van der Waals surface area (Å²) in [7, 11) is 0. The van der Waals surface area contributed by atoms with Gasteiger partial charge in [0.1, 0.15) is 0 Å². The van der Waals surface area contributed by atoms with E-state index in [9.17, 15) is 9.90 Å². The van der Waals surface area contributed by atoms with Crippen LogP contribution in [0.1, 0.15) is 38.5 Å². The SMILES string of the molecule is O=C(NC1CCCCC1O)[C@H]1CCCNC1. The van der Waals surface area contributed by atoms with Gasteiger partial charge in [0.2, 0.25) is 5.91 Å². The van der Waals surface area contributed by atoms with Gasteiger partial charge in [-0.3, -0.25) is 4.79 Å². The Bertz CT molecular complexity index is 239. The van der Waals surface area contributed by atoms with Gasteiger partial charge in [0.05, 0.1) is 18.1 Å². The Hall–Kier alpha value is -0.610. The number of aliphatic hydroxyl groups excluding tert-OH is 1. The minimum absolute atomic E-state index is 0.0109. The van der Waals surface area contributed by atoms with E-state index in [4.69, 9.17) is 0 Å². The zero-order valence-electron chi connectivity index (χ0n) is 9.74. The predicted molar refractivity (Wildman–Crippen MR) is 62.0 cm³/mol. The molecule has 92 valence electrons. The van der Waals surface area contributed by atoms with Crippen LogP contribution >= 0.6 is 0 Å². The fraction of sp³-hybridized carbons (Fsp3) is 0.917. The van der Waals surface area contributed by atoms with Gasteiger partial charge in [0.15, 0.2) is 0 Å². The highest BCUT2D eigenvalue weighted by atomic mass is 16.3. The molecule has 0 bridgehead atoms. The van der Waals surface area contributed by atoms with Crippen molar-refractivity contribution < 1.29 is 9.90 Å². The first kappa shape index (κ1) is 11.9. The molecule has 2 fully saturated rings.